The highest BCUT2D eigenvalue weighted by Crippen LogP contribution is 2.49. The molecule has 0 unspecified atom stereocenters. The lowest BCUT2D eigenvalue weighted by atomic mass is 9.95. The molecule has 0 aromatic heterocycles. The van der Waals surface area contributed by atoms with E-state index in [1.54, 1.807) is 0 Å². The Morgan fingerprint density at radius 3 is 1.73 bits per heavy atom. The smallest absolute Gasteiger partial charge is 0.339 e. The summed E-state index contributed by atoms with van der Waals surface area (Å²) in [6, 6.07) is 10.9. The maximum Gasteiger partial charge on any atom is 0.339 e. The van der Waals surface area contributed by atoms with Crippen molar-refractivity contribution in [1.82, 2.24) is 0 Å². The SMILES string of the molecule is OCCCc1ccc(C(F)(F)C(F)(F)c2ccccc2)cc1. The average molecular weight is 312 g/mol. The third-order valence-electron chi connectivity index (χ3n) is 3.47. The number of aliphatic hydroxyl groups is 1. The van der Waals surface area contributed by atoms with E-state index in [0.717, 1.165) is 29.8 Å². The predicted molar refractivity (Wildman–Crippen MR) is 76.1 cm³/mol. The summed E-state index contributed by atoms with van der Waals surface area (Å²) in [6.45, 7) is -0.00993. The maximum atomic E-state index is 14.2. The maximum absolute atomic E-state index is 14.2. The number of halogens is 4. The van der Waals surface area contributed by atoms with Crippen molar-refractivity contribution >= 4 is 0 Å². The number of aliphatic hydroxyl groups excluding tert-OH is 1. The van der Waals surface area contributed by atoms with Crippen molar-refractivity contribution in [1.29, 1.82) is 0 Å². The van der Waals surface area contributed by atoms with E-state index < -0.39 is 23.0 Å². The molecule has 0 radical (unpaired) electrons. The summed E-state index contributed by atoms with van der Waals surface area (Å²) in [5.41, 5.74) is -0.727. The molecular formula is C17H16F4O. The van der Waals surface area contributed by atoms with Gasteiger partial charge in [-0.25, -0.2) is 0 Å². The average Bonchev–Trinajstić information content (AvgIpc) is 2.54. The Bertz CT molecular complexity index is 594. The van der Waals surface area contributed by atoms with Crippen LogP contribution in [-0.2, 0) is 18.3 Å². The zero-order valence-electron chi connectivity index (χ0n) is 11.8. The molecule has 0 atom stereocenters. The van der Waals surface area contributed by atoms with Crippen LogP contribution in [0.3, 0.4) is 0 Å². The number of hydrogen-bond donors (Lipinski definition) is 1. The summed E-state index contributed by atoms with van der Waals surface area (Å²) < 4.78 is 56.7. The molecule has 2 rings (SSSR count). The molecule has 2 aromatic carbocycles. The van der Waals surface area contributed by atoms with Gasteiger partial charge in [-0.15, -0.1) is 0 Å². The molecule has 1 N–H and O–H groups in total. The molecular weight excluding hydrogens is 296 g/mol. The molecule has 0 fully saturated rings. The molecule has 118 valence electrons. The minimum absolute atomic E-state index is 0.00993. The fraction of sp³-hybridized carbons (Fsp3) is 0.294. The first-order chi connectivity index (χ1) is 10.4. The fourth-order valence-electron chi connectivity index (χ4n) is 2.17. The van der Waals surface area contributed by atoms with Gasteiger partial charge in [-0.3, -0.25) is 0 Å². The second kappa shape index (κ2) is 6.48. The lowest BCUT2D eigenvalue weighted by molar-refractivity contribution is -0.223. The van der Waals surface area contributed by atoms with E-state index in [-0.39, 0.29) is 6.61 Å². The van der Waals surface area contributed by atoms with Crippen LogP contribution in [0.4, 0.5) is 17.6 Å². The summed E-state index contributed by atoms with van der Waals surface area (Å²) in [7, 11) is 0. The summed E-state index contributed by atoms with van der Waals surface area (Å²) in [5, 5.41) is 8.72. The lowest BCUT2D eigenvalue weighted by Crippen LogP contribution is -2.35. The van der Waals surface area contributed by atoms with Crippen LogP contribution >= 0.6 is 0 Å². The molecule has 0 aliphatic carbocycles. The van der Waals surface area contributed by atoms with E-state index in [1.807, 2.05) is 0 Å². The molecule has 0 saturated carbocycles. The van der Waals surface area contributed by atoms with Crippen molar-refractivity contribution in [3.05, 3.63) is 71.3 Å². The van der Waals surface area contributed by atoms with Crippen molar-refractivity contribution in [2.24, 2.45) is 0 Å². The second-order valence-corrected chi connectivity index (χ2v) is 5.04. The first kappa shape index (κ1) is 16.5. The third-order valence-corrected chi connectivity index (χ3v) is 3.47. The summed E-state index contributed by atoms with van der Waals surface area (Å²) in [4.78, 5) is 0. The monoisotopic (exact) mass is 312 g/mol. The summed E-state index contributed by atoms with van der Waals surface area (Å²) in [5.74, 6) is -8.59. The van der Waals surface area contributed by atoms with E-state index in [4.69, 9.17) is 5.11 Å². The van der Waals surface area contributed by atoms with Crippen LogP contribution in [0.25, 0.3) is 0 Å². The Kier molecular flexibility index (Phi) is 4.86. The number of alkyl halides is 4. The van der Waals surface area contributed by atoms with E-state index in [2.05, 4.69) is 0 Å². The Morgan fingerprint density at radius 2 is 1.23 bits per heavy atom. The van der Waals surface area contributed by atoms with Crippen molar-refractivity contribution in [2.75, 3.05) is 6.61 Å². The van der Waals surface area contributed by atoms with Crippen molar-refractivity contribution < 1.29 is 22.7 Å². The van der Waals surface area contributed by atoms with Crippen LogP contribution in [0.15, 0.2) is 54.6 Å². The van der Waals surface area contributed by atoms with Crippen molar-refractivity contribution in [3.8, 4) is 0 Å². The molecule has 0 heterocycles. The molecule has 0 saturated heterocycles. The van der Waals surface area contributed by atoms with Crippen LogP contribution in [0.1, 0.15) is 23.1 Å². The zero-order chi connectivity index (χ0) is 16.2. The van der Waals surface area contributed by atoms with Gasteiger partial charge in [-0.2, -0.15) is 17.6 Å². The minimum atomic E-state index is -4.30. The molecule has 0 amide bonds. The summed E-state index contributed by atoms with van der Waals surface area (Å²) >= 11 is 0. The molecule has 0 spiro atoms. The molecule has 0 aliphatic rings. The fourth-order valence-corrected chi connectivity index (χ4v) is 2.17. The molecule has 1 nitrogen and oxygen atoms in total. The highest BCUT2D eigenvalue weighted by atomic mass is 19.3. The van der Waals surface area contributed by atoms with Gasteiger partial charge in [-0.1, -0.05) is 54.6 Å². The van der Waals surface area contributed by atoms with Crippen molar-refractivity contribution in [3.63, 3.8) is 0 Å². The largest absolute Gasteiger partial charge is 0.396 e. The highest BCUT2D eigenvalue weighted by molar-refractivity contribution is 5.32. The standard InChI is InChI=1S/C17H16F4O/c18-16(19,14-6-2-1-3-7-14)17(20,21)15-10-8-13(9-11-15)5-4-12-22/h1-3,6-11,22H,4-5,12H2. The van der Waals surface area contributed by atoms with Gasteiger partial charge in [0.25, 0.3) is 0 Å². The number of benzene rings is 2. The topological polar surface area (TPSA) is 20.2 Å². The first-order valence-corrected chi connectivity index (χ1v) is 6.91. The first-order valence-electron chi connectivity index (χ1n) is 6.91. The van der Waals surface area contributed by atoms with Crippen LogP contribution in [0.2, 0.25) is 0 Å². The van der Waals surface area contributed by atoms with Gasteiger partial charge >= 0.3 is 11.8 Å². The van der Waals surface area contributed by atoms with Gasteiger partial charge in [0.2, 0.25) is 0 Å². The number of rotatable bonds is 6. The van der Waals surface area contributed by atoms with Gasteiger partial charge in [0.15, 0.2) is 0 Å². The third kappa shape index (κ3) is 3.14. The number of hydrogen-bond acceptors (Lipinski definition) is 1. The van der Waals surface area contributed by atoms with Gasteiger partial charge < -0.3 is 5.11 Å². The molecule has 2 aromatic rings. The summed E-state index contributed by atoms with van der Waals surface area (Å²) in [6.07, 6.45) is 1.01. The zero-order valence-corrected chi connectivity index (χ0v) is 11.8. The van der Waals surface area contributed by atoms with E-state index in [0.29, 0.717) is 12.8 Å². The van der Waals surface area contributed by atoms with Gasteiger partial charge in [0.05, 0.1) is 0 Å². The molecule has 5 heteroatoms. The van der Waals surface area contributed by atoms with Gasteiger partial charge in [-0.05, 0) is 18.4 Å². The van der Waals surface area contributed by atoms with Crippen LogP contribution in [0.5, 0.6) is 0 Å². The molecule has 0 aliphatic heterocycles. The number of aryl methyl sites for hydroxylation is 1. The normalized spacial score (nSPS) is 12.4. The lowest BCUT2D eigenvalue weighted by Gasteiger charge is -2.27. The van der Waals surface area contributed by atoms with Crippen LogP contribution in [-0.4, -0.2) is 11.7 Å². The second-order valence-electron chi connectivity index (χ2n) is 5.04. The molecule has 22 heavy (non-hydrogen) atoms. The Morgan fingerprint density at radius 1 is 0.727 bits per heavy atom. The van der Waals surface area contributed by atoms with E-state index in [1.165, 1.54) is 30.3 Å². The van der Waals surface area contributed by atoms with Gasteiger partial charge in [0.1, 0.15) is 0 Å². The minimum Gasteiger partial charge on any atom is -0.396 e. The Labute approximate surface area is 126 Å². The Balaban J connectivity index is 2.29. The molecule has 0 bridgehead atoms. The quantitative estimate of drug-likeness (QED) is 0.779. The van der Waals surface area contributed by atoms with Gasteiger partial charge in [0, 0.05) is 17.7 Å². The van der Waals surface area contributed by atoms with Crippen LogP contribution < -0.4 is 0 Å². The van der Waals surface area contributed by atoms with E-state index in [9.17, 15) is 17.6 Å². The van der Waals surface area contributed by atoms with Crippen molar-refractivity contribution in [2.45, 2.75) is 24.7 Å². The van der Waals surface area contributed by atoms with Crippen LogP contribution in [0, 0.1) is 0 Å². The van der Waals surface area contributed by atoms with E-state index >= 15 is 0 Å². The Hall–Kier alpha value is -1.88. The highest BCUT2D eigenvalue weighted by Gasteiger charge is 2.58. The predicted octanol–water partition coefficient (Wildman–Crippen LogP) is 4.50.